The highest BCUT2D eigenvalue weighted by atomic mass is 79.9. The number of guanidine groups is 1. The normalized spacial score (nSPS) is 27.9. The lowest BCUT2D eigenvalue weighted by atomic mass is 10.0. The van der Waals surface area contributed by atoms with Crippen molar-refractivity contribution in [3.63, 3.8) is 0 Å². The van der Waals surface area contributed by atoms with Crippen LogP contribution in [0.25, 0.3) is 0 Å². The molecule has 9 nitrogen and oxygen atoms in total. The highest BCUT2D eigenvalue weighted by molar-refractivity contribution is 9.09. The molecule has 4 aliphatic heterocycles. The highest BCUT2D eigenvalue weighted by Crippen LogP contribution is 2.38. The van der Waals surface area contributed by atoms with Crippen LogP contribution >= 0.6 is 15.9 Å². The summed E-state index contributed by atoms with van der Waals surface area (Å²) >= 11 is 3.42. The number of alkyl halides is 1. The SMILES string of the molecule is CC1CCN2C3=NC(Br)NN3C(=O)C(N3CCN(C(=O)OC(C)(C)C)CC3)=C12. The minimum Gasteiger partial charge on any atom is -0.444 e. The molecule has 2 fully saturated rings. The lowest BCUT2D eigenvalue weighted by molar-refractivity contribution is -0.128. The van der Waals surface area contributed by atoms with Crippen molar-refractivity contribution in [1.29, 1.82) is 0 Å². The van der Waals surface area contributed by atoms with Gasteiger partial charge >= 0.3 is 6.09 Å². The largest absolute Gasteiger partial charge is 0.444 e. The van der Waals surface area contributed by atoms with Gasteiger partial charge in [-0.15, -0.1) is 0 Å². The second-order valence-electron chi connectivity index (χ2n) is 8.56. The van der Waals surface area contributed by atoms with E-state index in [0.717, 1.165) is 24.4 Å². The number of allylic oxidation sites excluding steroid dienone is 1. The van der Waals surface area contributed by atoms with Crippen LogP contribution in [0.2, 0.25) is 0 Å². The van der Waals surface area contributed by atoms with Crippen molar-refractivity contribution >= 4 is 33.9 Å². The molecule has 0 aromatic carbocycles. The quantitative estimate of drug-likeness (QED) is 0.477. The molecule has 4 rings (SSSR count). The van der Waals surface area contributed by atoms with Crippen LogP contribution in [-0.2, 0) is 9.53 Å². The van der Waals surface area contributed by atoms with E-state index in [2.05, 4.69) is 43.1 Å². The van der Waals surface area contributed by atoms with E-state index in [1.807, 2.05) is 20.8 Å². The number of nitrogens with zero attached hydrogens (tertiary/aromatic N) is 5. The maximum atomic E-state index is 13.3. The molecule has 0 bridgehead atoms. The molecule has 1 N–H and O–H groups in total. The van der Waals surface area contributed by atoms with Gasteiger partial charge in [-0.3, -0.25) is 4.79 Å². The molecule has 0 aromatic rings. The van der Waals surface area contributed by atoms with Crippen LogP contribution in [0, 0.1) is 5.92 Å². The van der Waals surface area contributed by atoms with Gasteiger partial charge in [0, 0.05) is 38.6 Å². The Labute approximate surface area is 173 Å². The summed E-state index contributed by atoms with van der Waals surface area (Å²) < 4.78 is 5.48. The van der Waals surface area contributed by atoms with Gasteiger partial charge in [-0.1, -0.05) is 6.92 Å². The van der Waals surface area contributed by atoms with Crippen LogP contribution in [0.15, 0.2) is 16.4 Å². The zero-order chi connectivity index (χ0) is 20.2. The van der Waals surface area contributed by atoms with Crippen molar-refractivity contribution in [1.82, 2.24) is 25.1 Å². The van der Waals surface area contributed by atoms with E-state index in [1.54, 1.807) is 4.90 Å². The van der Waals surface area contributed by atoms with Gasteiger partial charge in [0.15, 0.2) is 5.08 Å². The highest BCUT2D eigenvalue weighted by Gasteiger charge is 2.47. The number of rotatable bonds is 1. The third kappa shape index (κ3) is 3.36. The number of hydrogen-bond acceptors (Lipinski definition) is 7. The molecule has 4 heterocycles. The standard InChI is InChI=1S/C18H27BrN6O3/c1-11-5-6-24-12(11)13(14(26)25-16(24)20-15(19)21-25)22-7-9-23(10-8-22)17(27)28-18(2,3)4/h11,15,21H,5-10H2,1-4H3. The van der Waals surface area contributed by atoms with Crippen LogP contribution in [0.1, 0.15) is 34.1 Å². The Bertz CT molecular complexity index is 753. The molecule has 2 saturated heterocycles. The van der Waals surface area contributed by atoms with Gasteiger partial charge in [-0.25, -0.2) is 14.8 Å². The van der Waals surface area contributed by atoms with Crippen LogP contribution < -0.4 is 5.43 Å². The van der Waals surface area contributed by atoms with E-state index < -0.39 is 5.60 Å². The number of aliphatic imine (C=N–C) groups is 1. The van der Waals surface area contributed by atoms with E-state index in [1.165, 1.54) is 5.01 Å². The lowest BCUT2D eigenvalue weighted by Crippen LogP contribution is -2.58. The number of carbonyl (C=O) groups is 2. The Balaban J connectivity index is 1.54. The van der Waals surface area contributed by atoms with Gasteiger partial charge in [-0.2, -0.15) is 5.43 Å². The Morgan fingerprint density at radius 3 is 2.54 bits per heavy atom. The molecule has 0 spiro atoms. The summed E-state index contributed by atoms with van der Waals surface area (Å²) in [6.07, 6.45) is 0.692. The fourth-order valence-corrected chi connectivity index (χ4v) is 4.45. The Hall–Kier alpha value is -1.81. The second kappa shape index (κ2) is 6.91. The summed E-state index contributed by atoms with van der Waals surface area (Å²) in [6.45, 7) is 10.9. The van der Waals surface area contributed by atoms with Crippen molar-refractivity contribution in [2.24, 2.45) is 10.9 Å². The van der Waals surface area contributed by atoms with E-state index in [9.17, 15) is 9.59 Å². The molecule has 0 radical (unpaired) electrons. The lowest BCUT2D eigenvalue weighted by Gasteiger charge is -2.42. The van der Waals surface area contributed by atoms with Crippen molar-refractivity contribution in [2.75, 3.05) is 32.7 Å². The van der Waals surface area contributed by atoms with Crippen molar-refractivity contribution in [2.45, 2.75) is 44.8 Å². The number of fused-ring (bicyclic) bond motifs is 3. The van der Waals surface area contributed by atoms with Crippen molar-refractivity contribution in [3.05, 3.63) is 11.4 Å². The number of carbonyl (C=O) groups excluding carboxylic acids is 2. The van der Waals surface area contributed by atoms with E-state index >= 15 is 0 Å². The summed E-state index contributed by atoms with van der Waals surface area (Å²) in [5.74, 6) is 0.885. The zero-order valence-electron chi connectivity index (χ0n) is 16.7. The molecule has 10 heteroatoms. The molecule has 2 unspecified atom stereocenters. The second-order valence-corrected chi connectivity index (χ2v) is 9.43. The number of amides is 2. The smallest absolute Gasteiger partial charge is 0.410 e. The van der Waals surface area contributed by atoms with Crippen molar-refractivity contribution in [3.8, 4) is 0 Å². The van der Waals surface area contributed by atoms with Crippen LogP contribution in [0.3, 0.4) is 0 Å². The van der Waals surface area contributed by atoms with Crippen LogP contribution in [-0.4, -0.2) is 81.1 Å². The average molecular weight is 455 g/mol. The molecule has 28 heavy (non-hydrogen) atoms. The molecule has 0 saturated carbocycles. The molecular formula is C18H27BrN6O3. The van der Waals surface area contributed by atoms with Gasteiger partial charge in [-0.05, 0) is 43.1 Å². The van der Waals surface area contributed by atoms with Gasteiger partial charge < -0.3 is 19.4 Å². The molecule has 0 aliphatic carbocycles. The van der Waals surface area contributed by atoms with E-state index in [-0.39, 0.29) is 17.1 Å². The molecule has 2 amide bonds. The van der Waals surface area contributed by atoms with Crippen LogP contribution in [0.5, 0.6) is 0 Å². The maximum absolute atomic E-state index is 13.3. The Morgan fingerprint density at radius 2 is 1.89 bits per heavy atom. The van der Waals surface area contributed by atoms with E-state index in [4.69, 9.17) is 4.74 Å². The summed E-state index contributed by atoms with van der Waals surface area (Å²) in [5.41, 5.74) is 4.33. The van der Waals surface area contributed by atoms with Gasteiger partial charge in [0.1, 0.15) is 11.3 Å². The zero-order valence-corrected chi connectivity index (χ0v) is 18.3. The molecule has 0 aromatic heterocycles. The maximum Gasteiger partial charge on any atom is 0.410 e. The predicted molar refractivity (Wildman–Crippen MR) is 107 cm³/mol. The minimum absolute atomic E-state index is 0.0774. The van der Waals surface area contributed by atoms with Gasteiger partial charge in [0.25, 0.3) is 5.91 Å². The monoisotopic (exact) mass is 454 g/mol. The fraction of sp³-hybridized carbons (Fsp3) is 0.722. The third-order valence-corrected chi connectivity index (χ3v) is 5.75. The predicted octanol–water partition coefficient (Wildman–Crippen LogP) is 1.49. The fourth-order valence-electron chi connectivity index (χ4n) is 4.06. The topological polar surface area (TPSA) is 80.7 Å². The number of hydrogen-bond donors (Lipinski definition) is 1. The number of piperazine rings is 1. The number of hydrazine groups is 1. The number of halogens is 1. The summed E-state index contributed by atoms with van der Waals surface area (Å²) in [5, 5.41) is 1.24. The molecule has 4 aliphatic rings. The van der Waals surface area contributed by atoms with E-state index in [0.29, 0.717) is 38.1 Å². The average Bonchev–Trinajstić information content (AvgIpc) is 3.18. The number of nitrogens with one attached hydrogen (secondary N) is 1. The molecule has 154 valence electrons. The first-order valence-corrected chi connectivity index (χ1v) is 10.6. The van der Waals surface area contributed by atoms with Crippen molar-refractivity contribution < 1.29 is 14.3 Å². The molecular weight excluding hydrogens is 428 g/mol. The first kappa shape index (κ1) is 19.5. The summed E-state index contributed by atoms with van der Waals surface area (Å²) in [7, 11) is 0. The Morgan fingerprint density at radius 1 is 1.21 bits per heavy atom. The first-order valence-electron chi connectivity index (χ1n) is 9.73. The van der Waals surface area contributed by atoms with Gasteiger partial charge in [0.2, 0.25) is 5.96 Å². The number of ether oxygens (including phenoxy) is 1. The first-order chi connectivity index (χ1) is 13.2. The third-order valence-electron chi connectivity index (χ3n) is 5.35. The minimum atomic E-state index is -0.513. The summed E-state index contributed by atoms with van der Waals surface area (Å²) in [4.78, 5) is 36.1. The Kier molecular flexibility index (Phi) is 4.81. The van der Waals surface area contributed by atoms with Gasteiger partial charge in [0.05, 0.1) is 5.70 Å². The summed E-state index contributed by atoms with van der Waals surface area (Å²) in [6, 6.07) is 0. The van der Waals surface area contributed by atoms with Crippen LogP contribution in [0.4, 0.5) is 4.79 Å². The molecule has 2 atom stereocenters.